The number of rotatable bonds is 3. The Bertz CT molecular complexity index is 830. The molecule has 2 heterocycles. The highest BCUT2D eigenvalue weighted by atomic mass is 35.5. The fourth-order valence-electron chi connectivity index (χ4n) is 1.80. The van der Waals surface area contributed by atoms with E-state index in [0.29, 0.717) is 28.3 Å². The summed E-state index contributed by atoms with van der Waals surface area (Å²) in [4.78, 5) is 18.8. The average molecular weight is 310 g/mol. The maximum atomic E-state index is 13.0. The Morgan fingerprint density at radius 3 is 3.05 bits per heavy atom. The number of hydrogen-bond acceptors (Lipinski definition) is 4. The van der Waals surface area contributed by atoms with Crippen LogP contribution in [0.25, 0.3) is 10.2 Å². The largest absolute Gasteiger partial charge is 0.378 e. The first-order valence-corrected chi connectivity index (χ1v) is 7.04. The zero-order valence-corrected chi connectivity index (χ0v) is 11.7. The van der Waals surface area contributed by atoms with Gasteiger partial charge < -0.3 is 10.3 Å². The molecule has 0 saturated heterocycles. The molecule has 0 spiro atoms. The van der Waals surface area contributed by atoms with Crippen molar-refractivity contribution in [3.05, 3.63) is 56.7 Å². The summed E-state index contributed by atoms with van der Waals surface area (Å²) < 4.78 is 13.6. The van der Waals surface area contributed by atoms with Gasteiger partial charge in [0, 0.05) is 5.69 Å². The third-order valence-electron chi connectivity index (χ3n) is 2.74. The summed E-state index contributed by atoms with van der Waals surface area (Å²) in [6.45, 7) is 0.322. The van der Waals surface area contributed by atoms with Gasteiger partial charge >= 0.3 is 0 Å². The van der Waals surface area contributed by atoms with Gasteiger partial charge in [0.1, 0.15) is 16.3 Å². The molecule has 0 radical (unpaired) electrons. The number of thiophene rings is 1. The van der Waals surface area contributed by atoms with Crippen LogP contribution in [0.1, 0.15) is 5.82 Å². The molecule has 0 unspecified atom stereocenters. The lowest BCUT2D eigenvalue weighted by Crippen LogP contribution is -2.13. The molecule has 2 aromatic heterocycles. The van der Waals surface area contributed by atoms with E-state index in [9.17, 15) is 9.18 Å². The topological polar surface area (TPSA) is 57.8 Å². The number of benzene rings is 1. The number of nitrogens with zero attached hydrogens (tertiary/aromatic N) is 1. The zero-order chi connectivity index (χ0) is 14.1. The Morgan fingerprint density at radius 2 is 2.25 bits per heavy atom. The quantitative estimate of drug-likeness (QED) is 0.779. The van der Waals surface area contributed by atoms with Crippen LogP contribution in [-0.4, -0.2) is 9.97 Å². The number of H-pyrrole nitrogens is 1. The lowest BCUT2D eigenvalue weighted by Gasteiger charge is -2.06. The fourth-order valence-corrected chi connectivity index (χ4v) is 2.70. The normalized spacial score (nSPS) is 10.9. The Morgan fingerprint density at radius 1 is 1.40 bits per heavy atom. The summed E-state index contributed by atoms with van der Waals surface area (Å²) in [6.07, 6.45) is 0. The molecule has 0 aliphatic rings. The Labute approximate surface area is 122 Å². The molecule has 1 aromatic carbocycles. The van der Waals surface area contributed by atoms with Crippen molar-refractivity contribution in [3.63, 3.8) is 0 Å². The number of fused-ring (bicyclic) bond motifs is 1. The molecule has 0 bridgehead atoms. The number of aromatic nitrogens is 2. The molecule has 3 rings (SSSR count). The van der Waals surface area contributed by atoms with Crippen molar-refractivity contribution < 1.29 is 4.39 Å². The van der Waals surface area contributed by atoms with Crippen LogP contribution in [0.2, 0.25) is 5.02 Å². The highest BCUT2D eigenvalue weighted by molar-refractivity contribution is 7.17. The molecule has 0 atom stereocenters. The van der Waals surface area contributed by atoms with E-state index >= 15 is 0 Å². The van der Waals surface area contributed by atoms with Crippen LogP contribution in [-0.2, 0) is 6.54 Å². The van der Waals surface area contributed by atoms with Crippen LogP contribution < -0.4 is 10.9 Å². The van der Waals surface area contributed by atoms with Gasteiger partial charge in [-0.15, -0.1) is 11.3 Å². The standard InChI is InChI=1S/C13H9ClFN3OS/c14-8-5-7(1-2-9(8)15)16-6-11-17-10-3-4-20-12(10)13(19)18-11/h1-5,16H,6H2,(H,17,18,19). The Kier molecular flexibility index (Phi) is 3.42. The van der Waals surface area contributed by atoms with Gasteiger partial charge in [0.05, 0.1) is 17.1 Å². The SMILES string of the molecule is O=c1[nH]c(CNc2ccc(F)c(Cl)c2)nc2ccsc12. The highest BCUT2D eigenvalue weighted by Crippen LogP contribution is 2.20. The van der Waals surface area contributed by atoms with Crippen LogP contribution in [0.4, 0.5) is 10.1 Å². The van der Waals surface area contributed by atoms with Crippen molar-refractivity contribution in [1.29, 1.82) is 0 Å². The molecule has 0 fully saturated rings. The molecule has 2 N–H and O–H groups in total. The molecular weight excluding hydrogens is 301 g/mol. The first-order chi connectivity index (χ1) is 9.63. The van der Waals surface area contributed by atoms with E-state index < -0.39 is 5.82 Å². The third kappa shape index (κ3) is 2.52. The van der Waals surface area contributed by atoms with Gasteiger partial charge in [-0.3, -0.25) is 4.79 Å². The molecule has 102 valence electrons. The zero-order valence-electron chi connectivity index (χ0n) is 10.1. The predicted octanol–water partition coefficient (Wildman–Crippen LogP) is 3.39. The van der Waals surface area contributed by atoms with Crippen LogP contribution in [0.15, 0.2) is 34.4 Å². The molecule has 20 heavy (non-hydrogen) atoms. The minimum absolute atomic E-state index is 0.0461. The predicted molar refractivity (Wildman–Crippen MR) is 79.0 cm³/mol. The number of hydrogen-bond donors (Lipinski definition) is 2. The van der Waals surface area contributed by atoms with E-state index in [0.717, 1.165) is 0 Å². The average Bonchev–Trinajstić information content (AvgIpc) is 2.89. The van der Waals surface area contributed by atoms with Crippen molar-refractivity contribution in [2.24, 2.45) is 0 Å². The van der Waals surface area contributed by atoms with Crippen molar-refractivity contribution >= 4 is 38.8 Å². The van der Waals surface area contributed by atoms with Crippen molar-refractivity contribution in [2.45, 2.75) is 6.54 Å². The number of halogens is 2. The number of aromatic amines is 1. The number of anilines is 1. The van der Waals surface area contributed by atoms with Crippen LogP contribution in [0, 0.1) is 5.82 Å². The molecule has 7 heteroatoms. The molecule has 0 aliphatic carbocycles. The van der Waals surface area contributed by atoms with Gasteiger partial charge in [0.2, 0.25) is 0 Å². The van der Waals surface area contributed by atoms with E-state index in [-0.39, 0.29) is 10.6 Å². The van der Waals surface area contributed by atoms with Crippen molar-refractivity contribution in [1.82, 2.24) is 9.97 Å². The summed E-state index contributed by atoms with van der Waals surface area (Å²) in [7, 11) is 0. The molecule has 3 aromatic rings. The lowest BCUT2D eigenvalue weighted by atomic mass is 10.3. The first-order valence-electron chi connectivity index (χ1n) is 5.79. The minimum atomic E-state index is -0.469. The van der Waals surface area contributed by atoms with Crippen LogP contribution >= 0.6 is 22.9 Å². The van der Waals surface area contributed by atoms with E-state index in [1.54, 1.807) is 12.1 Å². The van der Waals surface area contributed by atoms with Crippen LogP contribution in [0.3, 0.4) is 0 Å². The van der Waals surface area contributed by atoms with Gasteiger partial charge in [-0.2, -0.15) is 0 Å². The second-order valence-corrected chi connectivity index (χ2v) is 5.45. The lowest BCUT2D eigenvalue weighted by molar-refractivity contribution is 0.628. The van der Waals surface area contributed by atoms with E-state index in [1.807, 2.05) is 5.38 Å². The molecule has 4 nitrogen and oxygen atoms in total. The second kappa shape index (κ2) is 5.22. The summed E-state index contributed by atoms with van der Waals surface area (Å²) in [5, 5.41) is 4.90. The summed E-state index contributed by atoms with van der Waals surface area (Å²) in [6, 6.07) is 6.14. The minimum Gasteiger partial charge on any atom is -0.378 e. The summed E-state index contributed by atoms with van der Waals surface area (Å²) in [5.41, 5.74) is 1.18. The maximum absolute atomic E-state index is 13.0. The van der Waals surface area contributed by atoms with Crippen molar-refractivity contribution in [3.8, 4) is 0 Å². The summed E-state index contributed by atoms with van der Waals surface area (Å²) in [5.74, 6) is 0.0461. The Balaban J connectivity index is 1.82. The molecular formula is C13H9ClFN3OS. The monoisotopic (exact) mass is 309 g/mol. The van der Waals surface area contributed by atoms with E-state index in [4.69, 9.17) is 11.6 Å². The van der Waals surface area contributed by atoms with Crippen molar-refractivity contribution in [2.75, 3.05) is 5.32 Å². The smallest absolute Gasteiger partial charge is 0.268 e. The summed E-state index contributed by atoms with van der Waals surface area (Å²) >= 11 is 7.05. The van der Waals surface area contributed by atoms with Gasteiger partial charge in [0.15, 0.2) is 0 Å². The Hall–Kier alpha value is -1.92. The number of nitrogens with one attached hydrogen (secondary N) is 2. The maximum Gasteiger partial charge on any atom is 0.268 e. The molecule has 0 saturated carbocycles. The highest BCUT2D eigenvalue weighted by Gasteiger charge is 2.05. The van der Waals surface area contributed by atoms with Gasteiger partial charge in [0.25, 0.3) is 5.56 Å². The second-order valence-electron chi connectivity index (χ2n) is 4.13. The third-order valence-corrected chi connectivity index (χ3v) is 3.94. The molecule has 0 aliphatic heterocycles. The first kappa shape index (κ1) is 13.1. The molecule has 0 amide bonds. The van der Waals surface area contributed by atoms with Gasteiger partial charge in [-0.25, -0.2) is 9.37 Å². The van der Waals surface area contributed by atoms with E-state index in [1.165, 1.54) is 23.5 Å². The van der Waals surface area contributed by atoms with E-state index in [2.05, 4.69) is 15.3 Å². The van der Waals surface area contributed by atoms with Gasteiger partial charge in [-0.1, -0.05) is 11.6 Å². The fraction of sp³-hybridized carbons (Fsp3) is 0.0769. The van der Waals surface area contributed by atoms with Gasteiger partial charge in [-0.05, 0) is 29.6 Å². The van der Waals surface area contributed by atoms with Crippen LogP contribution in [0.5, 0.6) is 0 Å².